The van der Waals surface area contributed by atoms with Gasteiger partial charge in [0, 0.05) is 31.6 Å². The molecule has 0 saturated carbocycles. The number of hydrogen-bond donors (Lipinski definition) is 0. The minimum Gasteiger partial charge on any atom is -0.367 e. The topological polar surface area (TPSA) is 48.3 Å². The van der Waals surface area contributed by atoms with Gasteiger partial charge in [0.15, 0.2) is 0 Å². The van der Waals surface area contributed by atoms with Gasteiger partial charge in [0.05, 0.1) is 6.61 Å². The summed E-state index contributed by atoms with van der Waals surface area (Å²) in [5, 5.41) is 0. The number of fused-ring (bicyclic) bond motifs is 1. The van der Waals surface area contributed by atoms with Gasteiger partial charge in [-0.2, -0.15) is 13.2 Å². The molecule has 2 aromatic rings. The molecule has 0 spiro atoms. The van der Waals surface area contributed by atoms with E-state index in [0.29, 0.717) is 24.0 Å². The van der Waals surface area contributed by atoms with E-state index in [9.17, 15) is 22.8 Å². The average molecular weight is 379 g/mol. The number of ether oxygens (including phenoxy) is 1. The molecule has 27 heavy (non-hydrogen) atoms. The lowest BCUT2D eigenvalue weighted by Gasteiger charge is -2.21. The van der Waals surface area contributed by atoms with Gasteiger partial charge in [0.25, 0.3) is 5.56 Å². The number of alkyl halides is 3. The minimum atomic E-state index is -4.40. The first-order chi connectivity index (χ1) is 12.6. The van der Waals surface area contributed by atoms with Crippen LogP contribution in [0.15, 0.2) is 29.2 Å². The Labute approximate surface area is 154 Å². The Morgan fingerprint density at radius 3 is 2.52 bits per heavy atom. The zero-order valence-corrected chi connectivity index (χ0v) is 15.2. The third kappa shape index (κ3) is 4.47. The molecule has 0 N–H and O–H groups in total. The van der Waals surface area contributed by atoms with Gasteiger partial charge >= 0.3 is 6.18 Å². The second-order valence-corrected chi connectivity index (χ2v) is 6.92. The number of halogens is 3. The number of carbonyl (C=O) groups is 1. The highest BCUT2D eigenvalue weighted by Crippen LogP contribution is 2.30. The van der Waals surface area contributed by atoms with Gasteiger partial charge in [-0.25, -0.2) is 0 Å². The molecule has 0 saturated heterocycles. The molecule has 1 aliphatic rings. The number of benzene rings is 1. The van der Waals surface area contributed by atoms with E-state index in [1.54, 1.807) is 32.3 Å². The van der Waals surface area contributed by atoms with Crippen LogP contribution in [0.4, 0.5) is 13.2 Å². The zero-order chi connectivity index (χ0) is 19.8. The van der Waals surface area contributed by atoms with Crippen molar-refractivity contribution >= 4 is 5.78 Å². The molecule has 0 bridgehead atoms. The summed E-state index contributed by atoms with van der Waals surface area (Å²) in [6, 6.07) is 5.47. The fourth-order valence-corrected chi connectivity index (χ4v) is 3.42. The van der Waals surface area contributed by atoms with Gasteiger partial charge in [-0.15, -0.1) is 0 Å². The van der Waals surface area contributed by atoms with E-state index in [2.05, 4.69) is 0 Å². The largest absolute Gasteiger partial charge is 0.411 e. The van der Waals surface area contributed by atoms with Crippen molar-refractivity contribution < 1.29 is 22.7 Å². The maximum atomic E-state index is 12.4. The summed E-state index contributed by atoms with van der Waals surface area (Å²) < 4.78 is 43.6. The number of pyridine rings is 1. The molecule has 1 aliphatic carbocycles. The summed E-state index contributed by atoms with van der Waals surface area (Å²) in [4.78, 5) is 23.8. The normalized spacial score (nSPS) is 14.3. The lowest BCUT2D eigenvalue weighted by Crippen LogP contribution is -2.20. The van der Waals surface area contributed by atoms with Crippen LogP contribution in [-0.2, 0) is 36.0 Å². The number of hydrogen-bond acceptors (Lipinski definition) is 3. The Morgan fingerprint density at radius 1 is 1.11 bits per heavy atom. The summed E-state index contributed by atoms with van der Waals surface area (Å²) >= 11 is 0. The molecule has 144 valence electrons. The van der Waals surface area contributed by atoms with Crippen LogP contribution in [0.2, 0.25) is 0 Å². The molecule has 0 aliphatic heterocycles. The molecule has 0 radical (unpaired) electrons. The van der Waals surface area contributed by atoms with Crippen LogP contribution in [0.25, 0.3) is 11.1 Å². The second kappa shape index (κ2) is 7.31. The quantitative estimate of drug-likeness (QED) is 0.817. The Balaban J connectivity index is 2.02. The molecule has 7 heteroatoms. The first kappa shape index (κ1) is 19.4. The smallest absolute Gasteiger partial charge is 0.367 e. The van der Waals surface area contributed by atoms with E-state index >= 15 is 0 Å². The third-order valence-corrected chi connectivity index (χ3v) is 4.70. The minimum absolute atomic E-state index is 0.0743. The van der Waals surface area contributed by atoms with E-state index < -0.39 is 12.8 Å². The number of aryl methyl sites for hydroxylation is 3. The van der Waals surface area contributed by atoms with Crippen molar-refractivity contribution in [2.75, 3.05) is 6.61 Å². The van der Waals surface area contributed by atoms with E-state index in [4.69, 9.17) is 4.74 Å². The molecule has 0 atom stereocenters. The van der Waals surface area contributed by atoms with Crippen LogP contribution in [0.1, 0.15) is 28.7 Å². The highest BCUT2D eigenvalue weighted by Gasteiger charge is 2.28. The maximum Gasteiger partial charge on any atom is 0.411 e. The lowest BCUT2D eigenvalue weighted by molar-refractivity contribution is -0.176. The highest BCUT2D eigenvalue weighted by atomic mass is 19.4. The molecule has 1 aromatic carbocycles. The van der Waals surface area contributed by atoms with Crippen LogP contribution >= 0.6 is 0 Å². The molecular weight excluding hydrogens is 359 g/mol. The van der Waals surface area contributed by atoms with Gasteiger partial charge in [0.1, 0.15) is 12.4 Å². The molecule has 1 heterocycles. The summed E-state index contributed by atoms with van der Waals surface area (Å²) in [6.45, 7) is 0.170. The summed E-state index contributed by atoms with van der Waals surface area (Å²) in [7, 11) is 1.66. The molecule has 1 aromatic heterocycles. The van der Waals surface area contributed by atoms with Crippen LogP contribution in [0.5, 0.6) is 0 Å². The molecule has 3 rings (SSSR count). The number of ketones is 1. The standard InChI is InChI=1S/C20H20F3NO3/c1-12-5-15(9-24(2)19(12)26)14-6-13-3-4-17(25)8-18(13)16(7-14)10-27-11-20(21,22)23/h5-7,9H,3-4,8,10-11H2,1-2H3. The van der Waals surface area contributed by atoms with Gasteiger partial charge in [0.2, 0.25) is 0 Å². The highest BCUT2D eigenvalue weighted by molar-refractivity contribution is 5.84. The average Bonchev–Trinajstić information content (AvgIpc) is 2.58. The Kier molecular flexibility index (Phi) is 5.24. The van der Waals surface area contributed by atoms with E-state index in [0.717, 1.165) is 22.3 Å². The first-order valence-electron chi connectivity index (χ1n) is 8.62. The molecule has 0 fully saturated rings. The maximum absolute atomic E-state index is 12.4. The number of aromatic nitrogens is 1. The summed E-state index contributed by atoms with van der Waals surface area (Å²) in [5.41, 5.74) is 4.38. The van der Waals surface area contributed by atoms with Crippen LogP contribution < -0.4 is 5.56 Å². The fraction of sp³-hybridized carbons (Fsp3) is 0.400. The van der Waals surface area contributed by atoms with Gasteiger partial charge in [-0.05, 0) is 53.3 Å². The SMILES string of the molecule is Cc1cc(-c2cc3c(c(COCC(F)(F)F)c2)CC(=O)CC3)cn(C)c1=O. The number of nitrogens with zero attached hydrogens (tertiary/aromatic N) is 1. The predicted molar refractivity (Wildman–Crippen MR) is 94.6 cm³/mol. The monoisotopic (exact) mass is 379 g/mol. The molecule has 0 amide bonds. The molecule has 0 unspecified atom stereocenters. The van der Waals surface area contributed by atoms with E-state index in [1.807, 2.05) is 6.07 Å². The van der Waals surface area contributed by atoms with Crippen molar-refractivity contribution in [3.8, 4) is 11.1 Å². The van der Waals surface area contributed by atoms with Crippen LogP contribution in [-0.4, -0.2) is 23.1 Å². The van der Waals surface area contributed by atoms with Crippen molar-refractivity contribution in [3.05, 3.63) is 57.0 Å². The van der Waals surface area contributed by atoms with Crippen LogP contribution in [0.3, 0.4) is 0 Å². The summed E-state index contributed by atoms with van der Waals surface area (Å²) in [6.07, 6.45) is -1.51. The van der Waals surface area contributed by atoms with Crippen molar-refractivity contribution in [3.63, 3.8) is 0 Å². The zero-order valence-electron chi connectivity index (χ0n) is 15.2. The van der Waals surface area contributed by atoms with Crippen LogP contribution in [0, 0.1) is 6.92 Å². The van der Waals surface area contributed by atoms with Gasteiger partial charge in [-0.1, -0.05) is 6.07 Å². The fourth-order valence-electron chi connectivity index (χ4n) is 3.42. The molecule has 4 nitrogen and oxygen atoms in total. The number of carbonyl (C=O) groups excluding carboxylic acids is 1. The Hall–Kier alpha value is -2.41. The predicted octanol–water partition coefficient (Wildman–Crippen LogP) is 3.50. The van der Waals surface area contributed by atoms with E-state index in [-0.39, 0.29) is 24.4 Å². The lowest BCUT2D eigenvalue weighted by atomic mass is 9.85. The Morgan fingerprint density at radius 2 is 1.85 bits per heavy atom. The second-order valence-electron chi connectivity index (χ2n) is 6.92. The van der Waals surface area contributed by atoms with Gasteiger partial charge in [-0.3, -0.25) is 9.59 Å². The number of Topliss-reactive ketones (excluding diaryl/α,β-unsaturated/α-hetero) is 1. The molecular formula is C20H20F3NO3. The van der Waals surface area contributed by atoms with Gasteiger partial charge < -0.3 is 9.30 Å². The number of rotatable bonds is 4. The van der Waals surface area contributed by atoms with Crippen molar-refractivity contribution in [1.82, 2.24) is 4.57 Å². The van der Waals surface area contributed by atoms with E-state index in [1.165, 1.54) is 4.57 Å². The summed E-state index contributed by atoms with van der Waals surface area (Å²) in [5.74, 6) is 0.0743. The first-order valence-corrected chi connectivity index (χ1v) is 8.62. The van der Waals surface area contributed by atoms with Crippen molar-refractivity contribution in [1.29, 1.82) is 0 Å². The third-order valence-electron chi connectivity index (χ3n) is 4.70. The van der Waals surface area contributed by atoms with Crippen molar-refractivity contribution in [2.45, 2.75) is 39.0 Å². The Bertz CT molecular complexity index is 918. The van der Waals surface area contributed by atoms with Crippen molar-refractivity contribution in [2.24, 2.45) is 7.05 Å².